The van der Waals surface area contributed by atoms with Crippen LogP contribution in [0.3, 0.4) is 0 Å². The molecule has 1 amide bonds. The lowest BCUT2D eigenvalue weighted by Crippen LogP contribution is -2.45. The lowest BCUT2D eigenvalue weighted by molar-refractivity contribution is -0.147. The van der Waals surface area contributed by atoms with Gasteiger partial charge in [0.05, 0.1) is 12.6 Å². The Kier molecular flexibility index (Phi) is 2.41. The van der Waals surface area contributed by atoms with Crippen molar-refractivity contribution in [2.75, 3.05) is 13.2 Å². The third-order valence-corrected chi connectivity index (χ3v) is 2.84. The van der Waals surface area contributed by atoms with Gasteiger partial charge < -0.3 is 14.7 Å². The SMILES string of the molecule is O=C(O)[C@@H]1CCC(=O)N1C1CCOC1. The van der Waals surface area contributed by atoms with E-state index in [4.69, 9.17) is 9.84 Å². The molecule has 0 aromatic carbocycles. The molecule has 2 heterocycles. The Hall–Kier alpha value is -1.10. The molecule has 2 fully saturated rings. The second-order valence-corrected chi connectivity index (χ2v) is 3.71. The molecule has 0 saturated carbocycles. The quantitative estimate of drug-likeness (QED) is 0.671. The minimum atomic E-state index is -0.900. The predicted octanol–water partition coefficient (Wildman–Crippen LogP) is -0.149. The van der Waals surface area contributed by atoms with Gasteiger partial charge in [-0.25, -0.2) is 4.79 Å². The van der Waals surface area contributed by atoms with Gasteiger partial charge >= 0.3 is 5.97 Å². The van der Waals surface area contributed by atoms with Crippen LogP contribution in [0.25, 0.3) is 0 Å². The van der Waals surface area contributed by atoms with Crippen molar-refractivity contribution in [2.45, 2.75) is 31.3 Å². The van der Waals surface area contributed by atoms with Gasteiger partial charge in [0, 0.05) is 13.0 Å². The van der Waals surface area contributed by atoms with Crippen molar-refractivity contribution in [3.8, 4) is 0 Å². The normalized spacial score (nSPS) is 32.6. The predicted molar refractivity (Wildman–Crippen MR) is 46.7 cm³/mol. The summed E-state index contributed by atoms with van der Waals surface area (Å²) in [5.74, 6) is -0.948. The van der Waals surface area contributed by atoms with Crippen LogP contribution in [-0.2, 0) is 14.3 Å². The van der Waals surface area contributed by atoms with Gasteiger partial charge in [-0.1, -0.05) is 0 Å². The van der Waals surface area contributed by atoms with Crippen molar-refractivity contribution in [3.05, 3.63) is 0 Å². The first-order valence-corrected chi connectivity index (χ1v) is 4.82. The van der Waals surface area contributed by atoms with Crippen LogP contribution < -0.4 is 0 Å². The summed E-state index contributed by atoms with van der Waals surface area (Å²) in [4.78, 5) is 23.9. The number of likely N-dealkylation sites (tertiary alicyclic amines) is 1. The van der Waals surface area contributed by atoms with Gasteiger partial charge in [-0.15, -0.1) is 0 Å². The Labute approximate surface area is 81.6 Å². The van der Waals surface area contributed by atoms with Crippen LogP contribution in [0.5, 0.6) is 0 Å². The van der Waals surface area contributed by atoms with Gasteiger partial charge in [0.2, 0.25) is 5.91 Å². The highest BCUT2D eigenvalue weighted by Crippen LogP contribution is 2.25. The number of aliphatic carboxylic acids is 1. The summed E-state index contributed by atoms with van der Waals surface area (Å²) in [6.45, 7) is 1.11. The minimum absolute atomic E-state index is 0.0221. The second-order valence-electron chi connectivity index (χ2n) is 3.71. The molecule has 2 saturated heterocycles. The van der Waals surface area contributed by atoms with Crippen molar-refractivity contribution < 1.29 is 19.4 Å². The van der Waals surface area contributed by atoms with Crippen molar-refractivity contribution in [2.24, 2.45) is 0 Å². The summed E-state index contributed by atoms with van der Waals surface area (Å²) in [5, 5.41) is 8.93. The molecule has 1 N–H and O–H groups in total. The molecule has 14 heavy (non-hydrogen) atoms. The molecule has 2 rings (SSSR count). The third-order valence-electron chi connectivity index (χ3n) is 2.84. The zero-order chi connectivity index (χ0) is 10.1. The number of carboxylic acids is 1. The van der Waals surface area contributed by atoms with Gasteiger partial charge in [0.1, 0.15) is 6.04 Å². The molecular formula is C9H13NO4. The number of carboxylic acid groups (broad SMARTS) is 1. The molecule has 78 valence electrons. The molecule has 0 spiro atoms. The molecule has 1 unspecified atom stereocenters. The Morgan fingerprint density at radius 1 is 1.50 bits per heavy atom. The summed E-state index contributed by atoms with van der Waals surface area (Å²) < 4.78 is 5.16. The van der Waals surface area contributed by atoms with Gasteiger partial charge in [-0.3, -0.25) is 4.79 Å². The summed E-state index contributed by atoms with van der Waals surface area (Å²) in [5.41, 5.74) is 0. The fourth-order valence-electron chi connectivity index (χ4n) is 2.14. The van der Waals surface area contributed by atoms with Gasteiger partial charge in [-0.05, 0) is 12.8 Å². The molecule has 2 atom stereocenters. The first-order chi connectivity index (χ1) is 6.70. The van der Waals surface area contributed by atoms with E-state index in [-0.39, 0.29) is 11.9 Å². The van der Waals surface area contributed by atoms with Crippen LogP contribution >= 0.6 is 0 Å². The largest absolute Gasteiger partial charge is 0.480 e. The number of hydrogen-bond donors (Lipinski definition) is 1. The average molecular weight is 199 g/mol. The van der Waals surface area contributed by atoms with Gasteiger partial charge in [0.15, 0.2) is 0 Å². The standard InChI is InChI=1S/C9H13NO4/c11-8-2-1-7(9(12)13)10(8)6-3-4-14-5-6/h6-7H,1-5H2,(H,12,13)/t6?,7-/m0/s1. The first kappa shape index (κ1) is 9.45. The minimum Gasteiger partial charge on any atom is -0.480 e. The third kappa shape index (κ3) is 1.48. The summed E-state index contributed by atoms with van der Waals surface area (Å²) in [6.07, 6.45) is 1.55. The van der Waals surface area contributed by atoms with Crippen molar-refractivity contribution >= 4 is 11.9 Å². The molecular weight excluding hydrogens is 186 g/mol. The van der Waals surface area contributed by atoms with Crippen LogP contribution in [0.2, 0.25) is 0 Å². The zero-order valence-electron chi connectivity index (χ0n) is 7.81. The molecule has 0 aromatic rings. The highest BCUT2D eigenvalue weighted by molar-refractivity contribution is 5.87. The average Bonchev–Trinajstić information content (AvgIpc) is 2.71. The van der Waals surface area contributed by atoms with E-state index in [2.05, 4.69) is 0 Å². The van der Waals surface area contributed by atoms with Crippen LogP contribution in [0, 0.1) is 0 Å². The first-order valence-electron chi connectivity index (χ1n) is 4.82. The van der Waals surface area contributed by atoms with Crippen molar-refractivity contribution in [3.63, 3.8) is 0 Å². The van der Waals surface area contributed by atoms with Crippen molar-refractivity contribution in [1.82, 2.24) is 4.90 Å². The summed E-state index contributed by atoms with van der Waals surface area (Å²) in [6, 6.07) is -0.653. The number of ether oxygens (including phenoxy) is 1. The number of hydrogen-bond acceptors (Lipinski definition) is 3. The topological polar surface area (TPSA) is 66.8 Å². The fourth-order valence-corrected chi connectivity index (χ4v) is 2.14. The van der Waals surface area contributed by atoms with E-state index in [0.717, 1.165) is 6.42 Å². The van der Waals surface area contributed by atoms with E-state index in [1.165, 1.54) is 4.90 Å². The van der Waals surface area contributed by atoms with Crippen molar-refractivity contribution in [1.29, 1.82) is 0 Å². The lowest BCUT2D eigenvalue weighted by Gasteiger charge is -2.26. The van der Waals surface area contributed by atoms with E-state index >= 15 is 0 Å². The monoisotopic (exact) mass is 199 g/mol. The number of amides is 1. The number of carbonyl (C=O) groups is 2. The number of rotatable bonds is 2. The highest BCUT2D eigenvalue weighted by Gasteiger charge is 2.41. The molecule has 0 aliphatic carbocycles. The van der Waals surface area contributed by atoms with Crippen LogP contribution in [0.4, 0.5) is 0 Å². The molecule has 5 nitrogen and oxygen atoms in total. The smallest absolute Gasteiger partial charge is 0.326 e. The Bertz CT molecular complexity index is 260. The van der Waals surface area contributed by atoms with Crippen LogP contribution in [0.15, 0.2) is 0 Å². The molecule has 0 bridgehead atoms. The number of nitrogens with zero attached hydrogens (tertiary/aromatic N) is 1. The van der Waals surface area contributed by atoms with Gasteiger partial charge in [0.25, 0.3) is 0 Å². The number of carbonyl (C=O) groups excluding carboxylic acids is 1. The maximum absolute atomic E-state index is 11.5. The van der Waals surface area contributed by atoms with Crippen LogP contribution in [-0.4, -0.2) is 47.2 Å². The molecule has 0 radical (unpaired) electrons. The molecule has 2 aliphatic heterocycles. The van der Waals surface area contributed by atoms with Crippen LogP contribution in [0.1, 0.15) is 19.3 Å². The van der Waals surface area contributed by atoms with E-state index in [1.54, 1.807) is 0 Å². The molecule has 0 aromatic heterocycles. The second kappa shape index (κ2) is 3.57. The summed E-state index contributed by atoms with van der Waals surface area (Å²) >= 11 is 0. The Morgan fingerprint density at radius 3 is 2.86 bits per heavy atom. The lowest BCUT2D eigenvalue weighted by atomic mass is 10.1. The zero-order valence-corrected chi connectivity index (χ0v) is 7.81. The van der Waals surface area contributed by atoms with E-state index in [9.17, 15) is 9.59 Å². The maximum atomic E-state index is 11.5. The summed E-state index contributed by atoms with van der Waals surface area (Å²) in [7, 11) is 0. The van der Waals surface area contributed by atoms with E-state index in [1.807, 2.05) is 0 Å². The Morgan fingerprint density at radius 2 is 2.29 bits per heavy atom. The fraction of sp³-hybridized carbons (Fsp3) is 0.778. The Balaban J connectivity index is 2.12. The molecule has 5 heteroatoms. The molecule has 2 aliphatic rings. The maximum Gasteiger partial charge on any atom is 0.326 e. The highest BCUT2D eigenvalue weighted by atomic mass is 16.5. The van der Waals surface area contributed by atoms with E-state index < -0.39 is 12.0 Å². The van der Waals surface area contributed by atoms with Gasteiger partial charge in [-0.2, -0.15) is 0 Å². The van der Waals surface area contributed by atoms with E-state index in [0.29, 0.717) is 26.1 Å².